The van der Waals surface area contributed by atoms with Crippen LogP contribution in [0.15, 0.2) is 27.8 Å². The molecule has 1 N–H and O–H groups in total. The average molecular weight is 491 g/mol. The van der Waals surface area contributed by atoms with Crippen LogP contribution in [0.2, 0.25) is 0 Å². The largest absolute Gasteiger partial charge is 0.469 e. The van der Waals surface area contributed by atoms with Gasteiger partial charge in [0.15, 0.2) is 5.96 Å². The van der Waals surface area contributed by atoms with Gasteiger partial charge in [0.1, 0.15) is 5.76 Å². The quantitative estimate of drug-likeness (QED) is 0.285. The summed E-state index contributed by atoms with van der Waals surface area (Å²) >= 11 is 0. The Bertz CT molecular complexity index is 580. The van der Waals surface area contributed by atoms with Gasteiger partial charge in [-0.3, -0.25) is 9.79 Å². The van der Waals surface area contributed by atoms with Crippen LogP contribution in [-0.4, -0.2) is 62.8 Å². The van der Waals surface area contributed by atoms with Crippen molar-refractivity contribution in [1.29, 1.82) is 0 Å². The topological polar surface area (TPSA) is 76.3 Å². The smallest absolute Gasteiger partial charge is 0.308 e. The number of rotatable bonds is 6. The summed E-state index contributed by atoms with van der Waals surface area (Å²) in [5, 5.41) is 3.45. The number of ether oxygens (including phenoxy) is 2. The van der Waals surface area contributed by atoms with E-state index < -0.39 is 0 Å². The van der Waals surface area contributed by atoms with Crippen LogP contribution in [0.25, 0.3) is 0 Å². The Morgan fingerprint density at radius 1 is 1.37 bits per heavy atom. The molecular formula is C19H30IN3O4. The molecule has 152 valence electrons. The summed E-state index contributed by atoms with van der Waals surface area (Å²) in [6.45, 7) is 3.89. The summed E-state index contributed by atoms with van der Waals surface area (Å²) in [5.74, 6) is 1.75. The van der Waals surface area contributed by atoms with Gasteiger partial charge in [0.05, 0.1) is 31.9 Å². The molecule has 2 aliphatic rings. The molecule has 0 spiro atoms. The zero-order chi connectivity index (χ0) is 18.2. The lowest BCUT2D eigenvalue weighted by molar-refractivity contribution is -0.146. The second-order valence-electron chi connectivity index (χ2n) is 6.84. The van der Waals surface area contributed by atoms with Gasteiger partial charge < -0.3 is 24.1 Å². The number of likely N-dealkylation sites (tertiary alicyclic amines) is 1. The first-order chi connectivity index (χ1) is 12.8. The van der Waals surface area contributed by atoms with E-state index in [1.54, 1.807) is 6.26 Å². The van der Waals surface area contributed by atoms with Gasteiger partial charge >= 0.3 is 5.97 Å². The second kappa shape index (κ2) is 11.5. The van der Waals surface area contributed by atoms with Gasteiger partial charge in [-0.1, -0.05) is 0 Å². The number of carbonyl (C=O) groups is 1. The Labute approximate surface area is 177 Å². The molecule has 2 fully saturated rings. The van der Waals surface area contributed by atoms with Crippen molar-refractivity contribution in [3.05, 3.63) is 24.2 Å². The molecular weight excluding hydrogens is 461 g/mol. The van der Waals surface area contributed by atoms with Gasteiger partial charge in [-0.25, -0.2) is 0 Å². The van der Waals surface area contributed by atoms with Crippen LogP contribution in [0.5, 0.6) is 0 Å². The van der Waals surface area contributed by atoms with Gasteiger partial charge in [-0.05, 0) is 37.8 Å². The molecule has 0 saturated carbocycles. The summed E-state index contributed by atoms with van der Waals surface area (Å²) < 4.78 is 16.0. The minimum absolute atomic E-state index is 0. The van der Waals surface area contributed by atoms with Crippen LogP contribution in [-0.2, 0) is 20.7 Å². The van der Waals surface area contributed by atoms with Gasteiger partial charge in [0, 0.05) is 32.7 Å². The standard InChI is InChI=1S/C19H29N3O4.HI/c1-24-18(23)15-7-10-22(11-8-15)19(21-14-17-5-3-13-26-17)20-9-6-16-4-2-12-25-16;/h2,4,12,15,17H,3,5-11,13-14H2,1H3,(H,20,21);1H. The molecule has 0 radical (unpaired) electrons. The molecule has 0 bridgehead atoms. The van der Waals surface area contributed by atoms with Crippen molar-refractivity contribution in [2.45, 2.75) is 38.2 Å². The lowest BCUT2D eigenvalue weighted by Crippen LogP contribution is -2.47. The average Bonchev–Trinajstić information content (AvgIpc) is 3.38. The Morgan fingerprint density at radius 3 is 2.81 bits per heavy atom. The normalized spacial score (nSPS) is 21.0. The first kappa shape index (κ1) is 22.0. The van der Waals surface area contributed by atoms with E-state index in [2.05, 4.69) is 10.2 Å². The molecule has 0 amide bonds. The molecule has 27 heavy (non-hydrogen) atoms. The Hall–Kier alpha value is -1.29. The molecule has 2 aliphatic heterocycles. The lowest BCUT2D eigenvalue weighted by Gasteiger charge is -2.33. The maximum atomic E-state index is 11.7. The summed E-state index contributed by atoms with van der Waals surface area (Å²) in [7, 11) is 1.46. The monoisotopic (exact) mass is 491 g/mol. The van der Waals surface area contributed by atoms with Crippen LogP contribution in [0, 0.1) is 5.92 Å². The number of hydrogen-bond acceptors (Lipinski definition) is 5. The zero-order valence-electron chi connectivity index (χ0n) is 15.9. The van der Waals surface area contributed by atoms with Crippen LogP contribution >= 0.6 is 24.0 Å². The van der Waals surface area contributed by atoms with Crippen molar-refractivity contribution >= 4 is 35.9 Å². The number of furan rings is 1. The predicted molar refractivity (Wildman–Crippen MR) is 113 cm³/mol. The fourth-order valence-electron chi connectivity index (χ4n) is 3.49. The fourth-order valence-corrected chi connectivity index (χ4v) is 3.49. The van der Waals surface area contributed by atoms with Crippen molar-refractivity contribution in [2.75, 3.05) is 39.9 Å². The SMILES string of the molecule is COC(=O)C1CCN(C(=NCC2CCCO2)NCCc2ccco2)CC1.I. The van der Waals surface area contributed by atoms with Gasteiger partial charge in [0.25, 0.3) is 0 Å². The first-order valence-electron chi connectivity index (χ1n) is 9.51. The maximum Gasteiger partial charge on any atom is 0.308 e. The summed E-state index contributed by atoms with van der Waals surface area (Å²) in [6.07, 6.45) is 6.52. The Morgan fingerprint density at radius 2 is 2.19 bits per heavy atom. The minimum Gasteiger partial charge on any atom is -0.469 e. The molecule has 2 saturated heterocycles. The highest BCUT2D eigenvalue weighted by Gasteiger charge is 2.27. The molecule has 3 heterocycles. The first-order valence-corrected chi connectivity index (χ1v) is 9.51. The third-order valence-electron chi connectivity index (χ3n) is 5.03. The third kappa shape index (κ3) is 6.67. The Kier molecular flexibility index (Phi) is 9.40. The van der Waals surface area contributed by atoms with E-state index in [0.29, 0.717) is 6.54 Å². The molecule has 1 aromatic rings. The van der Waals surface area contributed by atoms with Crippen molar-refractivity contribution in [2.24, 2.45) is 10.9 Å². The fraction of sp³-hybridized carbons (Fsp3) is 0.684. The molecule has 1 atom stereocenters. The number of halogens is 1. The molecule has 8 heteroatoms. The van der Waals surface area contributed by atoms with E-state index in [4.69, 9.17) is 18.9 Å². The summed E-state index contributed by atoms with van der Waals surface area (Å²) in [5.41, 5.74) is 0. The van der Waals surface area contributed by atoms with E-state index in [1.807, 2.05) is 12.1 Å². The number of guanidine groups is 1. The predicted octanol–water partition coefficient (Wildman–Crippen LogP) is 2.45. The number of nitrogens with one attached hydrogen (secondary N) is 1. The molecule has 0 aliphatic carbocycles. The van der Waals surface area contributed by atoms with Crippen LogP contribution in [0.4, 0.5) is 0 Å². The lowest BCUT2D eigenvalue weighted by atomic mass is 9.97. The number of piperidine rings is 1. The van der Waals surface area contributed by atoms with E-state index in [0.717, 1.165) is 70.1 Å². The van der Waals surface area contributed by atoms with E-state index in [-0.39, 0.29) is 42.0 Å². The van der Waals surface area contributed by atoms with Crippen LogP contribution < -0.4 is 5.32 Å². The molecule has 3 rings (SSSR count). The Balaban J connectivity index is 0.00000261. The van der Waals surface area contributed by atoms with Crippen molar-refractivity contribution < 1.29 is 18.7 Å². The summed E-state index contributed by atoms with van der Waals surface area (Å²) in [4.78, 5) is 18.8. The summed E-state index contributed by atoms with van der Waals surface area (Å²) in [6, 6.07) is 3.88. The third-order valence-corrected chi connectivity index (χ3v) is 5.03. The second-order valence-corrected chi connectivity index (χ2v) is 6.84. The number of esters is 1. The van der Waals surface area contributed by atoms with Gasteiger partial charge in [0.2, 0.25) is 0 Å². The van der Waals surface area contributed by atoms with Gasteiger partial charge in [-0.2, -0.15) is 0 Å². The van der Waals surface area contributed by atoms with Crippen molar-refractivity contribution in [3.63, 3.8) is 0 Å². The minimum atomic E-state index is -0.103. The van der Waals surface area contributed by atoms with E-state index >= 15 is 0 Å². The molecule has 1 unspecified atom stereocenters. The van der Waals surface area contributed by atoms with E-state index in [1.165, 1.54) is 7.11 Å². The number of hydrogen-bond donors (Lipinski definition) is 1. The number of carbonyl (C=O) groups excluding carboxylic acids is 1. The maximum absolute atomic E-state index is 11.7. The molecule has 1 aromatic heterocycles. The highest BCUT2D eigenvalue weighted by Crippen LogP contribution is 2.19. The number of aliphatic imine (C=N–C) groups is 1. The van der Waals surface area contributed by atoms with Crippen molar-refractivity contribution in [1.82, 2.24) is 10.2 Å². The zero-order valence-corrected chi connectivity index (χ0v) is 18.2. The highest BCUT2D eigenvalue weighted by atomic mass is 127. The van der Waals surface area contributed by atoms with Crippen LogP contribution in [0.1, 0.15) is 31.4 Å². The molecule has 0 aromatic carbocycles. The molecule has 7 nitrogen and oxygen atoms in total. The highest BCUT2D eigenvalue weighted by molar-refractivity contribution is 14.0. The number of nitrogens with zero attached hydrogens (tertiary/aromatic N) is 2. The van der Waals surface area contributed by atoms with Gasteiger partial charge in [-0.15, -0.1) is 24.0 Å². The van der Waals surface area contributed by atoms with Crippen molar-refractivity contribution in [3.8, 4) is 0 Å². The van der Waals surface area contributed by atoms with E-state index in [9.17, 15) is 4.79 Å². The number of methoxy groups -OCH3 is 1. The van der Waals surface area contributed by atoms with Crippen LogP contribution in [0.3, 0.4) is 0 Å².